The van der Waals surface area contributed by atoms with Crippen LogP contribution in [-0.2, 0) is 0 Å². The zero-order valence-corrected chi connectivity index (χ0v) is 14.9. The predicted molar refractivity (Wildman–Crippen MR) is 89.1 cm³/mol. The van der Waals surface area contributed by atoms with Gasteiger partial charge in [0.15, 0.2) is 5.78 Å². The highest BCUT2D eigenvalue weighted by Gasteiger charge is 2.16. The molecule has 100 valence electrons. The van der Waals surface area contributed by atoms with E-state index in [1.807, 2.05) is 26.0 Å². The van der Waals surface area contributed by atoms with Crippen molar-refractivity contribution in [3.8, 4) is 10.4 Å². The summed E-state index contributed by atoms with van der Waals surface area (Å²) >= 11 is 8.75. The SMILES string of the molecule is Cc1cc(Br)c(-c2ccc(C(=O)C(C)C)s2)c(Br)c1. The number of carbonyl (C=O) groups excluding carboxylic acids is 1. The molecular weight excluding hydrogens is 388 g/mol. The quantitative estimate of drug-likeness (QED) is 0.569. The number of benzene rings is 1. The van der Waals surface area contributed by atoms with Crippen molar-refractivity contribution in [2.24, 2.45) is 5.92 Å². The molecule has 19 heavy (non-hydrogen) atoms. The molecule has 0 spiro atoms. The van der Waals surface area contributed by atoms with Gasteiger partial charge in [0.05, 0.1) is 4.88 Å². The van der Waals surface area contributed by atoms with Crippen LogP contribution >= 0.6 is 43.2 Å². The number of hydrogen-bond acceptors (Lipinski definition) is 2. The normalized spacial score (nSPS) is 11.1. The van der Waals surface area contributed by atoms with E-state index in [1.165, 1.54) is 5.56 Å². The first-order valence-corrected chi connectivity index (χ1v) is 8.40. The van der Waals surface area contributed by atoms with Crippen molar-refractivity contribution in [3.05, 3.63) is 43.7 Å². The summed E-state index contributed by atoms with van der Waals surface area (Å²) in [6, 6.07) is 8.11. The number of rotatable bonds is 3. The Hall–Kier alpha value is -0.450. The van der Waals surface area contributed by atoms with Crippen LogP contribution in [0.5, 0.6) is 0 Å². The van der Waals surface area contributed by atoms with Gasteiger partial charge in [0.25, 0.3) is 0 Å². The number of Topliss-reactive ketones (excluding diaryl/α,β-unsaturated/α-hetero) is 1. The molecule has 1 nitrogen and oxygen atoms in total. The zero-order valence-electron chi connectivity index (χ0n) is 11.0. The van der Waals surface area contributed by atoms with Gasteiger partial charge >= 0.3 is 0 Å². The smallest absolute Gasteiger partial charge is 0.175 e. The Morgan fingerprint density at radius 1 is 1.16 bits per heavy atom. The van der Waals surface area contributed by atoms with E-state index in [9.17, 15) is 4.79 Å². The van der Waals surface area contributed by atoms with Crippen LogP contribution in [0.15, 0.2) is 33.2 Å². The lowest BCUT2D eigenvalue weighted by Crippen LogP contribution is -2.04. The third-order valence-corrected chi connectivity index (χ3v) is 5.17. The first kappa shape index (κ1) is 14.9. The molecule has 0 aliphatic carbocycles. The average molecular weight is 402 g/mol. The number of thiophene rings is 1. The molecule has 0 aliphatic heterocycles. The highest BCUT2D eigenvalue weighted by atomic mass is 79.9. The number of ketones is 1. The molecule has 0 aliphatic rings. The molecule has 2 rings (SSSR count). The van der Waals surface area contributed by atoms with Crippen LogP contribution in [0.4, 0.5) is 0 Å². The van der Waals surface area contributed by atoms with E-state index >= 15 is 0 Å². The maximum Gasteiger partial charge on any atom is 0.175 e. The fraction of sp³-hybridized carbons (Fsp3) is 0.267. The molecule has 0 N–H and O–H groups in total. The molecule has 0 unspecified atom stereocenters. The Morgan fingerprint density at radius 3 is 2.26 bits per heavy atom. The minimum atomic E-state index is 0.0383. The first-order chi connectivity index (χ1) is 8.90. The van der Waals surface area contributed by atoms with Gasteiger partial charge in [-0.15, -0.1) is 11.3 Å². The van der Waals surface area contributed by atoms with E-state index in [0.717, 1.165) is 24.3 Å². The summed E-state index contributed by atoms with van der Waals surface area (Å²) in [4.78, 5) is 13.9. The van der Waals surface area contributed by atoms with Crippen molar-refractivity contribution >= 4 is 49.0 Å². The van der Waals surface area contributed by atoms with Gasteiger partial charge in [-0.1, -0.05) is 45.7 Å². The standard InChI is InChI=1S/C15H14Br2OS/c1-8(2)15(18)13-5-4-12(19-13)14-10(16)6-9(3)7-11(14)17/h4-8H,1-3H3. The topological polar surface area (TPSA) is 17.1 Å². The minimum absolute atomic E-state index is 0.0383. The average Bonchev–Trinajstić information content (AvgIpc) is 2.75. The summed E-state index contributed by atoms with van der Waals surface area (Å²) in [6.45, 7) is 5.92. The Morgan fingerprint density at radius 2 is 1.74 bits per heavy atom. The number of carbonyl (C=O) groups is 1. The van der Waals surface area contributed by atoms with Crippen LogP contribution in [0.2, 0.25) is 0 Å². The van der Waals surface area contributed by atoms with Crippen molar-refractivity contribution in [1.29, 1.82) is 0 Å². The van der Waals surface area contributed by atoms with Crippen LogP contribution in [0, 0.1) is 12.8 Å². The van der Waals surface area contributed by atoms with E-state index in [4.69, 9.17) is 0 Å². The predicted octanol–water partition coefficient (Wildman–Crippen LogP) is 6.09. The summed E-state index contributed by atoms with van der Waals surface area (Å²) in [5.74, 6) is 0.243. The zero-order chi connectivity index (χ0) is 14.2. The molecule has 1 aromatic carbocycles. The summed E-state index contributed by atoms with van der Waals surface area (Å²) < 4.78 is 2.09. The minimum Gasteiger partial charge on any atom is -0.293 e. The number of hydrogen-bond donors (Lipinski definition) is 0. The van der Waals surface area contributed by atoms with Crippen LogP contribution in [0.3, 0.4) is 0 Å². The van der Waals surface area contributed by atoms with E-state index in [2.05, 4.69) is 50.9 Å². The largest absolute Gasteiger partial charge is 0.293 e. The van der Waals surface area contributed by atoms with Crippen LogP contribution in [0.1, 0.15) is 29.1 Å². The van der Waals surface area contributed by atoms with Crippen molar-refractivity contribution in [2.75, 3.05) is 0 Å². The van der Waals surface area contributed by atoms with E-state index in [1.54, 1.807) is 11.3 Å². The van der Waals surface area contributed by atoms with Crippen LogP contribution < -0.4 is 0 Å². The van der Waals surface area contributed by atoms with Crippen molar-refractivity contribution < 1.29 is 4.79 Å². The molecule has 1 heterocycles. The lowest BCUT2D eigenvalue weighted by atomic mass is 10.1. The molecule has 0 atom stereocenters. The van der Waals surface area contributed by atoms with Gasteiger partial charge in [-0.25, -0.2) is 0 Å². The second kappa shape index (κ2) is 5.90. The molecule has 0 fully saturated rings. The number of halogens is 2. The monoisotopic (exact) mass is 400 g/mol. The molecule has 0 amide bonds. The summed E-state index contributed by atoms with van der Waals surface area (Å²) in [7, 11) is 0. The highest BCUT2D eigenvalue weighted by molar-refractivity contribution is 9.11. The second-order valence-electron chi connectivity index (χ2n) is 4.79. The molecule has 4 heteroatoms. The molecule has 0 radical (unpaired) electrons. The molecular formula is C15H14Br2OS. The molecule has 1 aromatic heterocycles. The third-order valence-electron chi connectivity index (χ3n) is 2.81. The lowest BCUT2D eigenvalue weighted by Gasteiger charge is -2.07. The third kappa shape index (κ3) is 3.18. The van der Waals surface area contributed by atoms with Gasteiger partial charge in [0.1, 0.15) is 0 Å². The summed E-state index contributed by atoms with van der Waals surface area (Å²) in [5, 5.41) is 0. The Labute approximate surface area is 134 Å². The molecule has 0 saturated heterocycles. The Kier molecular flexibility index (Phi) is 4.64. The Balaban J connectivity index is 2.47. The molecule has 2 aromatic rings. The van der Waals surface area contributed by atoms with Gasteiger partial charge < -0.3 is 0 Å². The van der Waals surface area contributed by atoms with Crippen molar-refractivity contribution in [2.45, 2.75) is 20.8 Å². The van der Waals surface area contributed by atoms with Crippen LogP contribution in [0.25, 0.3) is 10.4 Å². The van der Waals surface area contributed by atoms with Gasteiger partial charge in [-0.3, -0.25) is 4.79 Å². The Bertz CT molecular complexity index is 606. The summed E-state index contributed by atoms with van der Waals surface area (Å²) in [6.07, 6.45) is 0. The lowest BCUT2D eigenvalue weighted by molar-refractivity contribution is 0.0943. The van der Waals surface area contributed by atoms with Gasteiger partial charge in [-0.2, -0.15) is 0 Å². The molecule has 0 bridgehead atoms. The maximum absolute atomic E-state index is 12.0. The van der Waals surface area contributed by atoms with Crippen molar-refractivity contribution in [1.82, 2.24) is 0 Å². The first-order valence-electron chi connectivity index (χ1n) is 6.00. The number of aryl methyl sites for hydroxylation is 1. The molecule has 0 saturated carbocycles. The fourth-order valence-electron chi connectivity index (χ4n) is 1.82. The van der Waals surface area contributed by atoms with Gasteiger partial charge in [-0.05, 0) is 36.8 Å². The van der Waals surface area contributed by atoms with E-state index in [0.29, 0.717) is 0 Å². The van der Waals surface area contributed by atoms with Crippen molar-refractivity contribution in [3.63, 3.8) is 0 Å². The van der Waals surface area contributed by atoms with E-state index in [-0.39, 0.29) is 11.7 Å². The maximum atomic E-state index is 12.0. The second-order valence-corrected chi connectivity index (χ2v) is 7.58. The highest BCUT2D eigenvalue weighted by Crippen LogP contribution is 2.40. The van der Waals surface area contributed by atoms with Crippen LogP contribution in [-0.4, -0.2) is 5.78 Å². The summed E-state index contributed by atoms with van der Waals surface area (Å²) in [5.41, 5.74) is 2.30. The van der Waals surface area contributed by atoms with Gasteiger partial charge in [0, 0.05) is 25.3 Å². The fourth-order valence-corrected chi connectivity index (χ4v) is 5.10. The van der Waals surface area contributed by atoms with Gasteiger partial charge in [0.2, 0.25) is 0 Å². The van der Waals surface area contributed by atoms with E-state index < -0.39 is 0 Å².